The summed E-state index contributed by atoms with van der Waals surface area (Å²) in [5.74, 6) is 2.35. The number of rotatable bonds is 4. The zero-order chi connectivity index (χ0) is 12.1. The SMILES string of the molecule is C#C[C@@H]1OC(=O)O[C@H]1COCc1ccccc1. The Balaban J connectivity index is 1.79. The third-order valence-electron chi connectivity index (χ3n) is 2.37. The summed E-state index contributed by atoms with van der Waals surface area (Å²) in [6.45, 7) is 0.682. The first-order valence-electron chi connectivity index (χ1n) is 5.24. The van der Waals surface area contributed by atoms with Crippen LogP contribution < -0.4 is 0 Å². The van der Waals surface area contributed by atoms with Gasteiger partial charge in [-0.25, -0.2) is 4.79 Å². The van der Waals surface area contributed by atoms with Gasteiger partial charge >= 0.3 is 6.16 Å². The average molecular weight is 232 g/mol. The lowest BCUT2D eigenvalue weighted by Crippen LogP contribution is -2.26. The van der Waals surface area contributed by atoms with Crippen LogP contribution in [0.5, 0.6) is 0 Å². The van der Waals surface area contributed by atoms with E-state index in [2.05, 4.69) is 5.92 Å². The third kappa shape index (κ3) is 2.99. The van der Waals surface area contributed by atoms with Gasteiger partial charge in [0.15, 0.2) is 6.10 Å². The lowest BCUT2D eigenvalue weighted by molar-refractivity contribution is 0.0316. The van der Waals surface area contributed by atoms with E-state index in [0.717, 1.165) is 5.56 Å². The van der Waals surface area contributed by atoms with Crippen molar-refractivity contribution >= 4 is 6.16 Å². The van der Waals surface area contributed by atoms with Crippen LogP contribution in [0.4, 0.5) is 4.79 Å². The van der Waals surface area contributed by atoms with Gasteiger partial charge < -0.3 is 14.2 Å². The molecule has 1 aliphatic rings. The fraction of sp³-hybridized carbons (Fsp3) is 0.308. The van der Waals surface area contributed by atoms with Crippen LogP contribution in [0.25, 0.3) is 0 Å². The summed E-state index contributed by atoms with van der Waals surface area (Å²) in [5, 5.41) is 0. The first-order valence-corrected chi connectivity index (χ1v) is 5.24. The minimum atomic E-state index is -0.735. The molecule has 88 valence electrons. The van der Waals surface area contributed by atoms with Crippen molar-refractivity contribution in [2.24, 2.45) is 0 Å². The molecule has 0 aliphatic carbocycles. The van der Waals surface area contributed by atoms with Crippen molar-refractivity contribution in [1.29, 1.82) is 0 Å². The van der Waals surface area contributed by atoms with E-state index >= 15 is 0 Å². The van der Waals surface area contributed by atoms with Crippen molar-refractivity contribution < 1.29 is 19.0 Å². The number of carbonyl (C=O) groups is 1. The Hall–Kier alpha value is -1.99. The molecule has 2 rings (SSSR count). The molecular weight excluding hydrogens is 220 g/mol. The van der Waals surface area contributed by atoms with E-state index < -0.39 is 18.4 Å². The van der Waals surface area contributed by atoms with E-state index in [1.165, 1.54) is 0 Å². The first-order chi connectivity index (χ1) is 8.29. The molecule has 17 heavy (non-hydrogen) atoms. The van der Waals surface area contributed by atoms with E-state index in [9.17, 15) is 4.79 Å². The Bertz CT molecular complexity index is 421. The van der Waals surface area contributed by atoms with Crippen LogP contribution in [0.1, 0.15) is 5.56 Å². The van der Waals surface area contributed by atoms with Gasteiger partial charge in [-0.2, -0.15) is 0 Å². The fourth-order valence-corrected chi connectivity index (χ4v) is 1.52. The molecule has 0 N–H and O–H groups in total. The quantitative estimate of drug-likeness (QED) is 0.586. The number of ether oxygens (including phenoxy) is 3. The lowest BCUT2D eigenvalue weighted by atomic mass is 10.2. The summed E-state index contributed by atoms with van der Waals surface area (Å²) >= 11 is 0. The Labute approximate surface area is 99.5 Å². The molecule has 1 fully saturated rings. The smallest absolute Gasteiger partial charge is 0.423 e. The van der Waals surface area contributed by atoms with Crippen LogP contribution in [0.2, 0.25) is 0 Å². The molecule has 4 nitrogen and oxygen atoms in total. The monoisotopic (exact) mass is 232 g/mol. The van der Waals surface area contributed by atoms with Gasteiger partial charge in [0.1, 0.15) is 0 Å². The van der Waals surface area contributed by atoms with Crippen LogP contribution in [0.3, 0.4) is 0 Å². The topological polar surface area (TPSA) is 44.8 Å². The van der Waals surface area contributed by atoms with Crippen LogP contribution in [0.15, 0.2) is 30.3 Å². The van der Waals surface area contributed by atoms with Crippen molar-refractivity contribution in [1.82, 2.24) is 0 Å². The number of terminal acetylenes is 1. The fourth-order valence-electron chi connectivity index (χ4n) is 1.52. The standard InChI is InChI=1S/C13H12O4/c1-2-11-12(17-13(14)16-11)9-15-8-10-6-4-3-5-7-10/h1,3-7,11-12H,8-9H2/t11-,12-/m0/s1. The molecule has 1 aliphatic heterocycles. The van der Waals surface area contributed by atoms with Crippen molar-refractivity contribution in [2.45, 2.75) is 18.8 Å². The molecule has 0 radical (unpaired) electrons. The summed E-state index contributed by atoms with van der Waals surface area (Å²) in [6, 6.07) is 9.71. The third-order valence-corrected chi connectivity index (χ3v) is 2.37. The molecule has 0 unspecified atom stereocenters. The number of carbonyl (C=O) groups excluding carboxylic acids is 1. The van der Waals surface area contributed by atoms with Crippen LogP contribution in [-0.2, 0) is 20.8 Å². The second-order valence-corrected chi connectivity index (χ2v) is 3.61. The van der Waals surface area contributed by atoms with Gasteiger partial charge in [0, 0.05) is 0 Å². The minimum Gasteiger partial charge on any atom is -0.423 e. The zero-order valence-electron chi connectivity index (χ0n) is 9.17. The Morgan fingerprint density at radius 2 is 2.06 bits per heavy atom. The zero-order valence-corrected chi connectivity index (χ0v) is 9.17. The molecule has 2 atom stereocenters. The lowest BCUT2D eigenvalue weighted by Gasteiger charge is -2.10. The predicted octanol–water partition coefficient (Wildman–Crippen LogP) is 1.74. The predicted molar refractivity (Wildman–Crippen MR) is 60.1 cm³/mol. The maximum Gasteiger partial charge on any atom is 0.510 e. The number of hydrogen-bond acceptors (Lipinski definition) is 4. The number of hydrogen-bond donors (Lipinski definition) is 0. The second-order valence-electron chi connectivity index (χ2n) is 3.61. The number of cyclic esters (lactones) is 2. The first kappa shape index (κ1) is 11.5. The van der Waals surface area contributed by atoms with Gasteiger partial charge in [-0.1, -0.05) is 36.3 Å². The molecule has 1 aromatic carbocycles. The molecule has 4 heteroatoms. The largest absolute Gasteiger partial charge is 0.510 e. The van der Waals surface area contributed by atoms with Gasteiger partial charge in [0.05, 0.1) is 13.2 Å². The summed E-state index contributed by atoms with van der Waals surface area (Å²) < 4.78 is 15.1. The Morgan fingerprint density at radius 3 is 2.76 bits per heavy atom. The van der Waals surface area contributed by atoms with E-state index in [-0.39, 0.29) is 6.61 Å². The summed E-state index contributed by atoms with van der Waals surface area (Å²) in [4.78, 5) is 10.9. The highest BCUT2D eigenvalue weighted by atomic mass is 16.8. The maximum atomic E-state index is 10.9. The van der Waals surface area contributed by atoms with Gasteiger partial charge in [0.25, 0.3) is 0 Å². The van der Waals surface area contributed by atoms with Crippen LogP contribution >= 0.6 is 0 Å². The molecule has 1 heterocycles. The normalized spacial score (nSPS) is 22.6. The highest BCUT2D eigenvalue weighted by Crippen LogP contribution is 2.15. The summed E-state index contributed by atoms with van der Waals surface area (Å²) in [7, 11) is 0. The molecule has 0 spiro atoms. The molecule has 0 bridgehead atoms. The highest BCUT2D eigenvalue weighted by Gasteiger charge is 2.35. The Morgan fingerprint density at radius 1 is 1.29 bits per heavy atom. The molecule has 0 amide bonds. The van der Waals surface area contributed by atoms with E-state index in [1.807, 2.05) is 30.3 Å². The van der Waals surface area contributed by atoms with Crippen molar-refractivity contribution in [3.05, 3.63) is 35.9 Å². The van der Waals surface area contributed by atoms with E-state index in [0.29, 0.717) is 6.61 Å². The summed E-state index contributed by atoms with van der Waals surface area (Å²) in [5.41, 5.74) is 1.05. The van der Waals surface area contributed by atoms with Crippen molar-refractivity contribution in [3.8, 4) is 12.3 Å². The molecular formula is C13H12O4. The van der Waals surface area contributed by atoms with Crippen LogP contribution in [0, 0.1) is 12.3 Å². The highest BCUT2D eigenvalue weighted by molar-refractivity contribution is 5.63. The molecule has 0 saturated carbocycles. The van der Waals surface area contributed by atoms with E-state index in [4.69, 9.17) is 20.6 Å². The van der Waals surface area contributed by atoms with Crippen LogP contribution in [-0.4, -0.2) is 25.0 Å². The van der Waals surface area contributed by atoms with E-state index in [1.54, 1.807) is 0 Å². The summed E-state index contributed by atoms with van der Waals surface area (Å²) in [6.07, 6.45) is 3.30. The Kier molecular flexibility index (Phi) is 3.63. The molecule has 1 saturated heterocycles. The van der Waals surface area contributed by atoms with Crippen molar-refractivity contribution in [2.75, 3.05) is 6.61 Å². The van der Waals surface area contributed by atoms with Gasteiger partial charge in [-0.15, -0.1) is 6.42 Å². The number of benzene rings is 1. The second kappa shape index (κ2) is 5.37. The maximum absolute atomic E-state index is 10.9. The minimum absolute atomic E-state index is 0.232. The average Bonchev–Trinajstić information content (AvgIpc) is 2.71. The van der Waals surface area contributed by atoms with Gasteiger partial charge in [0.2, 0.25) is 6.10 Å². The van der Waals surface area contributed by atoms with Gasteiger partial charge in [-0.05, 0) is 5.56 Å². The van der Waals surface area contributed by atoms with Gasteiger partial charge in [-0.3, -0.25) is 0 Å². The van der Waals surface area contributed by atoms with Crippen molar-refractivity contribution in [3.63, 3.8) is 0 Å². The molecule has 1 aromatic rings. The molecule has 0 aromatic heterocycles.